The van der Waals surface area contributed by atoms with Gasteiger partial charge in [0.1, 0.15) is 0 Å². The molecule has 3 N–H and O–H groups in total. The first-order valence-electron chi connectivity index (χ1n) is 6.20. The largest absolute Gasteiger partial charge is 0.394 e. The Morgan fingerprint density at radius 2 is 1.82 bits per heavy atom. The molecule has 1 saturated heterocycles. The van der Waals surface area contributed by atoms with Crippen LogP contribution < -0.4 is 5.73 Å². The summed E-state index contributed by atoms with van der Waals surface area (Å²) in [5, 5.41) is 9.07. The van der Waals surface area contributed by atoms with Crippen molar-refractivity contribution in [2.45, 2.75) is 37.5 Å². The highest BCUT2D eigenvalue weighted by atomic mass is 16.5. The van der Waals surface area contributed by atoms with Gasteiger partial charge in [0.25, 0.3) is 0 Å². The third kappa shape index (κ3) is 4.52. The number of rotatable bonds is 7. The molecule has 0 aliphatic carbocycles. The van der Waals surface area contributed by atoms with Gasteiger partial charge in [-0.2, -0.15) is 0 Å². The molecule has 1 aliphatic rings. The molecule has 0 aromatic rings. The van der Waals surface area contributed by atoms with Crippen molar-refractivity contribution in [3.05, 3.63) is 0 Å². The Balaban J connectivity index is 2.25. The van der Waals surface area contributed by atoms with Crippen LogP contribution in [0.2, 0.25) is 0 Å². The van der Waals surface area contributed by atoms with E-state index in [-0.39, 0.29) is 18.8 Å². The molecule has 0 radical (unpaired) electrons. The molecule has 0 amide bonds. The predicted molar refractivity (Wildman–Crippen MR) is 66.9 cm³/mol. The van der Waals surface area contributed by atoms with Gasteiger partial charge < -0.3 is 20.3 Å². The van der Waals surface area contributed by atoms with Gasteiger partial charge in [0.2, 0.25) is 0 Å². The Morgan fingerprint density at radius 3 is 2.24 bits per heavy atom. The highest BCUT2D eigenvalue weighted by Gasteiger charge is 2.32. The van der Waals surface area contributed by atoms with Gasteiger partial charge in [-0.3, -0.25) is 4.90 Å². The van der Waals surface area contributed by atoms with Crippen LogP contribution >= 0.6 is 0 Å². The normalized spacial score (nSPS) is 29.5. The van der Waals surface area contributed by atoms with Crippen molar-refractivity contribution >= 4 is 0 Å². The first kappa shape index (κ1) is 14.9. The van der Waals surface area contributed by atoms with Crippen molar-refractivity contribution in [2.75, 3.05) is 40.5 Å². The number of aliphatic hydroxyl groups excluding tert-OH is 1. The van der Waals surface area contributed by atoms with E-state index in [2.05, 4.69) is 4.90 Å². The minimum atomic E-state index is -0.457. The molecular formula is C12H26N2O3. The average Bonchev–Trinajstić information content (AvgIpc) is 2.71. The molecule has 0 aromatic carbocycles. The van der Waals surface area contributed by atoms with Crippen LogP contribution in [0, 0.1) is 0 Å². The lowest BCUT2D eigenvalue weighted by Crippen LogP contribution is -2.40. The van der Waals surface area contributed by atoms with Gasteiger partial charge in [-0.05, 0) is 26.3 Å². The van der Waals surface area contributed by atoms with E-state index in [0.29, 0.717) is 0 Å². The van der Waals surface area contributed by atoms with Gasteiger partial charge in [0, 0.05) is 32.8 Å². The molecule has 0 aromatic heterocycles. The van der Waals surface area contributed by atoms with E-state index in [9.17, 15) is 0 Å². The molecule has 0 bridgehead atoms. The maximum atomic E-state index is 9.07. The second-order valence-corrected chi connectivity index (χ2v) is 5.22. The Kier molecular flexibility index (Phi) is 5.82. The molecule has 3 unspecified atom stereocenters. The number of nitrogens with two attached hydrogens (primary N) is 1. The van der Waals surface area contributed by atoms with E-state index in [0.717, 1.165) is 32.5 Å². The Bertz CT molecular complexity index is 212. The summed E-state index contributed by atoms with van der Waals surface area (Å²) >= 11 is 0. The van der Waals surface area contributed by atoms with Crippen LogP contribution in [0.3, 0.4) is 0 Å². The summed E-state index contributed by atoms with van der Waals surface area (Å²) in [4.78, 5) is 2.33. The second-order valence-electron chi connectivity index (χ2n) is 5.22. The number of hydrogen-bond donors (Lipinski definition) is 2. The van der Waals surface area contributed by atoms with E-state index in [1.807, 2.05) is 6.92 Å². The number of nitrogens with zero attached hydrogens (tertiary/aromatic N) is 1. The maximum Gasteiger partial charge on any atom is 0.0971 e. The minimum absolute atomic E-state index is 0.0361. The average molecular weight is 246 g/mol. The van der Waals surface area contributed by atoms with Gasteiger partial charge in [0.05, 0.1) is 18.8 Å². The van der Waals surface area contributed by atoms with Gasteiger partial charge in [-0.25, -0.2) is 0 Å². The molecule has 3 atom stereocenters. The lowest BCUT2D eigenvalue weighted by atomic mass is 9.98. The molecule has 17 heavy (non-hydrogen) atoms. The summed E-state index contributed by atoms with van der Waals surface area (Å²) in [7, 11) is 3.45. The van der Waals surface area contributed by atoms with Gasteiger partial charge in [-0.1, -0.05) is 0 Å². The van der Waals surface area contributed by atoms with Crippen molar-refractivity contribution in [1.29, 1.82) is 0 Å². The molecule has 1 aliphatic heterocycles. The lowest BCUT2D eigenvalue weighted by Gasteiger charge is -2.23. The third-order valence-electron chi connectivity index (χ3n) is 3.48. The number of aliphatic hydroxyl groups is 1. The maximum absolute atomic E-state index is 9.07. The van der Waals surface area contributed by atoms with Crippen LogP contribution in [-0.4, -0.2) is 68.2 Å². The smallest absolute Gasteiger partial charge is 0.0971 e. The summed E-state index contributed by atoms with van der Waals surface area (Å²) in [6.07, 6.45) is 2.15. The van der Waals surface area contributed by atoms with E-state index in [1.165, 1.54) is 0 Å². The molecule has 0 spiro atoms. The van der Waals surface area contributed by atoms with Gasteiger partial charge in [0.15, 0.2) is 0 Å². The third-order valence-corrected chi connectivity index (χ3v) is 3.48. The number of ether oxygens (including phenoxy) is 2. The van der Waals surface area contributed by atoms with Crippen LogP contribution in [-0.2, 0) is 9.47 Å². The molecular weight excluding hydrogens is 220 g/mol. The fourth-order valence-electron chi connectivity index (χ4n) is 2.24. The minimum Gasteiger partial charge on any atom is -0.394 e. The first-order valence-corrected chi connectivity index (χ1v) is 6.20. The van der Waals surface area contributed by atoms with Crippen LogP contribution in [0.15, 0.2) is 0 Å². The molecule has 1 heterocycles. The molecule has 5 nitrogen and oxygen atoms in total. The zero-order chi connectivity index (χ0) is 12.9. The fraction of sp³-hybridized carbons (Fsp3) is 1.00. The summed E-state index contributed by atoms with van der Waals surface area (Å²) in [5.74, 6) is 0. The Morgan fingerprint density at radius 1 is 1.29 bits per heavy atom. The zero-order valence-corrected chi connectivity index (χ0v) is 11.2. The predicted octanol–water partition coefficient (Wildman–Crippen LogP) is -0.178. The molecule has 1 rings (SSSR count). The number of methoxy groups -OCH3 is 2. The number of hydrogen-bond acceptors (Lipinski definition) is 5. The van der Waals surface area contributed by atoms with Crippen molar-refractivity contribution in [3.63, 3.8) is 0 Å². The molecule has 5 heteroatoms. The summed E-state index contributed by atoms with van der Waals surface area (Å²) in [5.41, 5.74) is 5.43. The van der Waals surface area contributed by atoms with Crippen molar-refractivity contribution in [2.24, 2.45) is 5.73 Å². The van der Waals surface area contributed by atoms with Crippen LogP contribution in [0.4, 0.5) is 0 Å². The Hall–Kier alpha value is -0.200. The molecule has 0 saturated carbocycles. The first-order chi connectivity index (χ1) is 8.02. The van der Waals surface area contributed by atoms with Crippen molar-refractivity contribution in [3.8, 4) is 0 Å². The van der Waals surface area contributed by atoms with Crippen LogP contribution in [0.25, 0.3) is 0 Å². The SMILES string of the molecule is COC1CN(CCCC(C)(N)CO)CC1OC. The van der Waals surface area contributed by atoms with Crippen LogP contribution in [0.5, 0.6) is 0 Å². The van der Waals surface area contributed by atoms with Gasteiger partial charge >= 0.3 is 0 Å². The van der Waals surface area contributed by atoms with Gasteiger partial charge in [-0.15, -0.1) is 0 Å². The van der Waals surface area contributed by atoms with E-state index < -0.39 is 5.54 Å². The standard InChI is InChI=1S/C12H26N2O3/c1-12(13,9-15)5-4-6-14-7-10(16-2)11(8-14)17-3/h10-11,15H,4-9,13H2,1-3H3. The second kappa shape index (κ2) is 6.66. The molecule has 1 fully saturated rings. The van der Waals surface area contributed by atoms with E-state index in [1.54, 1.807) is 14.2 Å². The summed E-state index contributed by atoms with van der Waals surface area (Å²) in [6, 6.07) is 0. The lowest BCUT2D eigenvalue weighted by molar-refractivity contribution is -0.00461. The van der Waals surface area contributed by atoms with E-state index in [4.69, 9.17) is 20.3 Å². The van der Waals surface area contributed by atoms with Crippen molar-refractivity contribution < 1.29 is 14.6 Å². The summed E-state index contributed by atoms with van der Waals surface area (Å²) in [6.45, 7) is 4.72. The molecule has 102 valence electrons. The number of likely N-dealkylation sites (tertiary alicyclic amines) is 1. The zero-order valence-electron chi connectivity index (χ0n) is 11.2. The Labute approximate surface area is 104 Å². The van der Waals surface area contributed by atoms with Crippen LogP contribution in [0.1, 0.15) is 19.8 Å². The van der Waals surface area contributed by atoms with Crippen molar-refractivity contribution in [1.82, 2.24) is 4.90 Å². The summed E-state index contributed by atoms with van der Waals surface area (Å²) < 4.78 is 10.8. The highest BCUT2D eigenvalue weighted by Crippen LogP contribution is 2.17. The highest BCUT2D eigenvalue weighted by molar-refractivity contribution is 4.86. The van der Waals surface area contributed by atoms with E-state index >= 15 is 0 Å². The topological polar surface area (TPSA) is 68.0 Å². The monoisotopic (exact) mass is 246 g/mol. The quantitative estimate of drug-likeness (QED) is 0.652. The fourth-order valence-corrected chi connectivity index (χ4v) is 2.24.